The van der Waals surface area contributed by atoms with Crippen LogP contribution in [0.25, 0.3) is 0 Å². The van der Waals surface area contributed by atoms with Crippen LogP contribution < -0.4 is 0 Å². The standard InChI is InChI=1S/C15H24O2/c1-13(2)9(6-11-8-15(11,13)4)5-10-7-14(10,3)12(16)17/h9-11H,5-8H2,1-4H3,(H,16,17). The van der Waals surface area contributed by atoms with E-state index in [1.807, 2.05) is 6.92 Å². The molecule has 0 aromatic rings. The van der Waals surface area contributed by atoms with Gasteiger partial charge in [-0.1, -0.05) is 20.8 Å². The van der Waals surface area contributed by atoms with E-state index in [9.17, 15) is 9.90 Å². The van der Waals surface area contributed by atoms with Crippen molar-refractivity contribution in [1.29, 1.82) is 0 Å². The van der Waals surface area contributed by atoms with Crippen LogP contribution in [0.3, 0.4) is 0 Å². The number of fused-ring (bicyclic) bond motifs is 1. The summed E-state index contributed by atoms with van der Waals surface area (Å²) in [6.07, 6.45) is 4.78. The molecule has 2 nitrogen and oxygen atoms in total. The molecule has 3 saturated carbocycles. The van der Waals surface area contributed by atoms with E-state index in [2.05, 4.69) is 20.8 Å². The van der Waals surface area contributed by atoms with Crippen molar-refractivity contribution < 1.29 is 9.90 Å². The molecular formula is C15H24O2. The van der Waals surface area contributed by atoms with Crippen LogP contribution >= 0.6 is 0 Å². The molecule has 5 unspecified atom stereocenters. The van der Waals surface area contributed by atoms with Crippen molar-refractivity contribution >= 4 is 5.97 Å². The molecule has 5 atom stereocenters. The van der Waals surface area contributed by atoms with Crippen molar-refractivity contribution in [2.75, 3.05) is 0 Å². The Balaban J connectivity index is 1.68. The van der Waals surface area contributed by atoms with E-state index in [0.29, 0.717) is 16.7 Å². The third kappa shape index (κ3) is 1.30. The summed E-state index contributed by atoms with van der Waals surface area (Å²) in [6.45, 7) is 9.17. The molecule has 3 rings (SSSR count). The summed E-state index contributed by atoms with van der Waals surface area (Å²) in [6, 6.07) is 0. The molecule has 0 aromatic carbocycles. The zero-order valence-corrected chi connectivity index (χ0v) is 11.4. The lowest BCUT2D eigenvalue weighted by molar-refractivity contribution is -0.143. The molecule has 0 saturated heterocycles. The number of hydrogen-bond donors (Lipinski definition) is 1. The predicted octanol–water partition coefficient (Wildman–Crippen LogP) is 3.56. The van der Waals surface area contributed by atoms with Gasteiger partial charge in [0.25, 0.3) is 0 Å². The Morgan fingerprint density at radius 2 is 1.82 bits per heavy atom. The molecule has 1 N–H and O–H groups in total. The maximum atomic E-state index is 11.2. The van der Waals surface area contributed by atoms with Crippen molar-refractivity contribution in [2.45, 2.75) is 53.4 Å². The van der Waals surface area contributed by atoms with Crippen molar-refractivity contribution in [1.82, 2.24) is 0 Å². The largest absolute Gasteiger partial charge is 0.481 e. The first-order valence-electron chi connectivity index (χ1n) is 6.95. The van der Waals surface area contributed by atoms with Gasteiger partial charge in [-0.15, -0.1) is 0 Å². The van der Waals surface area contributed by atoms with Crippen LogP contribution in [0.4, 0.5) is 0 Å². The van der Waals surface area contributed by atoms with E-state index in [-0.39, 0.29) is 0 Å². The monoisotopic (exact) mass is 236 g/mol. The van der Waals surface area contributed by atoms with Gasteiger partial charge in [0, 0.05) is 0 Å². The SMILES string of the molecule is CC1(C(=O)O)CC1CC1CC2CC2(C)C1(C)C. The molecule has 96 valence electrons. The Hall–Kier alpha value is -0.530. The van der Waals surface area contributed by atoms with E-state index in [1.165, 1.54) is 12.8 Å². The fraction of sp³-hybridized carbons (Fsp3) is 0.933. The molecular weight excluding hydrogens is 212 g/mol. The summed E-state index contributed by atoms with van der Waals surface area (Å²) in [5.74, 6) is 1.52. The van der Waals surface area contributed by atoms with Gasteiger partial charge in [0.15, 0.2) is 0 Å². The van der Waals surface area contributed by atoms with E-state index in [1.54, 1.807) is 0 Å². The number of carboxylic acid groups (broad SMARTS) is 1. The highest BCUT2D eigenvalue weighted by atomic mass is 16.4. The molecule has 0 radical (unpaired) electrons. The zero-order chi connectivity index (χ0) is 12.6. The predicted molar refractivity (Wildman–Crippen MR) is 66.6 cm³/mol. The maximum Gasteiger partial charge on any atom is 0.309 e. The van der Waals surface area contributed by atoms with Crippen molar-refractivity contribution in [2.24, 2.45) is 34.0 Å². The van der Waals surface area contributed by atoms with Crippen LogP contribution in [-0.2, 0) is 4.79 Å². The lowest BCUT2D eigenvalue weighted by Crippen LogP contribution is -2.29. The molecule has 0 spiro atoms. The van der Waals surface area contributed by atoms with Crippen LogP contribution in [0.5, 0.6) is 0 Å². The molecule has 2 heteroatoms. The Morgan fingerprint density at radius 1 is 1.18 bits per heavy atom. The second-order valence-corrected chi connectivity index (χ2v) is 7.83. The highest BCUT2D eigenvalue weighted by Gasteiger charge is 2.68. The molecule has 0 aromatic heterocycles. The molecule has 17 heavy (non-hydrogen) atoms. The Morgan fingerprint density at radius 3 is 2.24 bits per heavy atom. The summed E-state index contributed by atoms with van der Waals surface area (Å²) >= 11 is 0. The topological polar surface area (TPSA) is 37.3 Å². The third-order valence-electron chi connectivity index (χ3n) is 6.94. The average Bonchev–Trinajstić information content (AvgIpc) is 3.03. The lowest BCUT2D eigenvalue weighted by atomic mass is 9.69. The van der Waals surface area contributed by atoms with E-state index < -0.39 is 11.4 Å². The third-order valence-corrected chi connectivity index (χ3v) is 6.94. The summed E-state index contributed by atoms with van der Waals surface area (Å²) in [7, 11) is 0. The van der Waals surface area contributed by atoms with Crippen LogP contribution in [0, 0.1) is 34.0 Å². The van der Waals surface area contributed by atoms with Gasteiger partial charge < -0.3 is 5.11 Å². The second kappa shape index (κ2) is 2.89. The van der Waals surface area contributed by atoms with Gasteiger partial charge in [-0.25, -0.2) is 0 Å². The smallest absolute Gasteiger partial charge is 0.309 e. The van der Waals surface area contributed by atoms with Crippen molar-refractivity contribution in [3.05, 3.63) is 0 Å². The Labute approximate surface area is 104 Å². The summed E-state index contributed by atoms with van der Waals surface area (Å²) in [5, 5.41) is 9.20. The van der Waals surface area contributed by atoms with Crippen molar-refractivity contribution in [3.63, 3.8) is 0 Å². The summed E-state index contributed by atoms with van der Waals surface area (Å²) < 4.78 is 0. The van der Waals surface area contributed by atoms with Gasteiger partial charge in [0.1, 0.15) is 0 Å². The Kier molecular flexibility index (Phi) is 1.97. The van der Waals surface area contributed by atoms with Gasteiger partial charge in [0.05, 0.1) is 5.41 Å². The zero-order valence-electron chi connectivity index (χ0n) is 11.4. The first-order chi connectivity index (χ1) is 7.72. The van der Waals surface area contributed by atoms with Gasteiger partial charge in [0.2, 0.25) is 0 Å². The van der Waals surface area contributed by atoms with Crippen LogP contribution in [0.15, 0.2) is 0 Å². The van der Waals surface area contributed by atoms with Gasteiger partial charge in [-0.2, -0.15) is 0 Å². The Bertz CT molecular complexity index is 386. The minimum absolute atomic E-state index is 0.399. The van der Waals surface area contributed by atoms with E-state index in [4.69, 9.17) is 0 Å². The fourth-order valence-corrected chi connectivity index (χ4v) is 4.48. The summed E-state index contributed by atoms with van der Waals surface area (Å²) in [4.78, 5) is 11.2. The minimum atomic E-state index is -0.588. The highest BCUT2D eigenvalue weighted by Crippen LogP contribution is 2.75. The van der Waals surface area contributed by atoms with E-state index in [0.717, 1.165) is 24.7 Å². The molecule has 3 fully saturated rings. The summed E-state index contributed by atoms with van der Waals surface area (Å²) in [5.41, 5.74) is 0.579. The van der Waals surface area contributed by atoms with Gasteiger partial charge >= 0.3 is 5.97 Å². The number of carbonyl (C=O) groups is 1. The second-order valence-electron chi connectivity index (χ2n) is 7.83. The van der Waals surface area contributed by atoms with Crippen LogP contribution in [-0.4, -0.2) is 11.1 Å². The van der Waals surface area contributed by atoms with Gasteiger partial charge in [-0.3, -0.25) is 4.79 Å². The first kappa shape index (κ1) is 11.6. The van der Waals surface area contributed by atoms with E-state index >= 15 is 0 Å². The van der Waals surface area contributed by atoms with Crippen molar-refractivity contribution in [3.8, 4) is 0 Å². The molecule has 0 bridgehead atoms. The maximum absolute atomic E-state index is 11.2. The van der Waals surface area contributed by atoms with Crippen LogP contribution in [0.2, 0.25) is 0 Å². The quantitative estimate of drug-likeness (QED) is 0.813. The lowest BCUT2D eigenvalue weighted by Gasteiger charge is -2.35. The number of rotatable bonds is 3. The molecule has 0 aliphatic heterocycles. The van der Waals surface area contributed by atoms with Crippen LogP contribution in [0.1, 0.15) is 53.4 Å². The first-order valence-corrected chi connectivity index (χ1v) is 6.95. The van der Waals surface area contributed by atoms with Gasteiger partial charge in [-0.05, 0) is 61.2 Å². The highest BCUT2D eigenvalue weighted by molar-refractivity contribution is 5.78. The minimum Gasteiger partial charge on any atom is -0.481 e. The molecule has 0 heterocycles. The normalized spacial score (nSPS) is 54.2. The fourth-order valence-electron chi connectivity index (χ4n) is 4.48. The average molecular weight is 236 g/mol. The number of aliphatic carboxylic acids is 1. The molecule has 3 aliphatic carbocycles. The number of hydrogen-bond acceptors (Lipinski definition) is 1. The molecule has 3 aliphatic rings. The number of carboxylic acids is 1. The molecule has 0 amide bonds.